The van der Waals surface area contributed by atoms with Crippen LogP contribution in [0.2, 0.25) is 0 Å². The third-order valence-corrected chi connectivity index (χ3v) is 7.56. The fourth-order valence-corrected chi connectivity index (χ4v) is 6.41. The minimum Gasteiger partial charge on any atom is -0.348 e. The van der Waals surface area contributed by atoms with Crippen molar-refractivity contribution in [3.8, 4) is 0 Å². The quantitative estimate of drug-likeness (QED) is 0.696. The topological polar surface area (TPSA) is 78.0 Å². The molecule has 1 saturated carbocycles. The average Bonchev–Trinajstić information content (AvgIpc) is 2.90. The minimum atomic E-state index is -3.18. The molecule has 0 N–H and O–H groups in total. The number of sulfone groups is 1. The van der Waals surface area contributed by atoms with E-state index < -0.39 is 9.84 Å². The maximum atomic E-state index is 13.0. The van der Waals surface area contributed by atoms with Gasteiger partial charge in [-0.2, -0.15) is 0 Å². The van der Waals surface area contributed by atoms with Crippen molar-refractivity contribution in [1.82, 2.24) is 14.7 Å². The van der Waals surface area contributed by atoms with Crippen molar-refractivity contribution in [2.45, 2.75) is 44.2 Å². The highest BCUT2D eigenvalue weighted by Crippen LogP contribution is 2.31. The molecule has 3 aliphatic rings. The van der Waals surface area contributed by atoms with Crippen LogP contribution >= 0.6 is 0 Å². The molecule has 0 bridgehead atoms. The molecule has 25 heavy (non-hydrogen) atoms. The summed E-state index contributed by atoms with van der Waals surface area (Å²) in [6, 6.07) is -0.557. The largest absolute Gasteiger partial charge is 0.348 e. The van der Waals surface area contributed by atoms with Crippen LogP contribution < -0.4 is 0 Å². The molecule has 1 aliphatic carbocycles. The van der Waals surface area contributed by atoms with E-state index in [0.29, 0.717) is 13.1 Å². The van der Waals surface area contributed by atoms with Gasteiger partial charge in [0.15, 0.2) is 9.84 Å². The third kappa shape index (κ3) is 4.00. The predicted molar refractivity (Wildman–Crippen MR) is 94.8 cm³/mol. The summed E-state index contributed by atoms with van der Waals surface area (Å²) in [5, 5.41) is 0. The summed E-state index contributed by atoms with van der Waals surface area (Å²) in [7, 11) is 0.229. The predicted octanol–water partition coefficient (Wildman–Crippen LogP) is -0.0353. The van der Waals surface area contributed by atoms with Gasteiger partial charge >= 0.3 is 0 Å². The van der Waals surface area contributed by atoms with E-state index in [-0.39, 0.29) is 47.9 Å². The van der Waals surface area contributed by atoms with Gasteiger partial charge < -0.3 is 9.80 Å². The molecule has 0 aromatic carbocycles. The van der Waals surface area contributed by atoms with E-state index in [1.165, 1.54) is 11.3 Å². The maximum Gasteiger partial charge on any atom is 0.236 e. The standard InChI is InChI=1S/C17H29N3O4S/c1-18(2)16(21)10-19-8-9-20(15-12-25(23,24)11-14(15)19)17(22)13-6-4-3-5-7-13/h13-15H,3-12H2,1-2H3/t14-,15+/m0/s1. The summed E-state index contributed by atoms with van der Waals surface area (Å²) in [5.41, 5.74) is 0. The lowest BCUT2D eigenvalue weighted by Gasteiger charge is -2.45. The van der Waals surface area contributed by atoms with Gasteiger partial charge in [-0.3, -0.25) is 14.5 Å². The molecule has 2 amide bonds. The van der Waals surface area contributed by atoms with Crippen LogP contribution in [-0.2, 0) is 19.4 Å². The molecular formula is C17H29N3O4S. The first-order valence-electron chi connectivity index (χ1n) is 9.23. The highest BCUT2D eigenvalue weighted by molar-refractivity contribution is 7.91. The van der Waals surface area contributed by atoms with Crippen LogP contribution in [-0.4, -0.2) is 92.3 Å². The van der Waals surface area contributed by atoms with Gasteiger partial charge in [-0.15, -0.1) is 0 Å². The Morgan fingerprint density at radius 2 is 1.64 bits per heavy atom. The second kappa shape index (κ2) is 7.23. The van der Waals surface area contributed by atoms with Crippen LogP contribution in [0.3, 0.4) is 0 Å². The van der Waals surface area contributed by atoms with Crippen molar-refractivity contribution in [3.63, 3.8) is 0 Å². The van der Waals surface area contributed by atoms with Crippen molar-refractivity contribution in [1.29, 1.82) is 0 Å². The zero-order chi connectivity index (χ0) is 18.2. The van der Waals surface area contributed by atoms with Gasteiger partial charge in [-0.05, 0) is 12.8 Å². The summed E-state index contributed by atoms with van der Waals surface area (Å²) in [5.74, 6) is 0.225. The Balaban J connectivity index is 1.76. The average molecular weight is 372 g/mol. The van der Waals surface area contributed by atoms with Gasteiger partial charge in [0.1, 0.15) is 0 Å². The molecule has 3 fully saturated rings. The van der Waals surface area contributed by atoms with Gasteiger partial charge in [0.2, 0.25) is 11.8 Å². The van der Waals surface area contributed by atoms with Crippen LogP contribution in [0.1, 0.15) is 32.1 Å². The van der Waals surface area contributed by atoms with Gasteiger partial charge in [0.05, 0.1) is 24.1 Å². The number of amides is 2. The zero-order valence-corrected chi connectivity index (χ0v) is 16.0. The molecule has 3 rings (SSSR count). The molecule has 0 aromatic rings. The lowest BCUT2D eigenvalue weighted by Crippen LogP contribution is -2.62. The normalized spacial score (nSPS) is 30.1. The maximum absolute atomic E-state index is 13.0. The van der Waals surface area contributed by atoms with E-state index in [4.69, 9.17) is 0 Å². The molecule has 2 heterocycles. The summed E-state index contributed by atoms with van der Waals surface area (Å²) < 4.78 is 24.5. The first-order valence-corrected chi connectivity index (χ1v) is 11.1. The first kappa shape index (κ1) is 18.6. The van der Waals surface area contributed by atoms with Gasteiger partial charge in [0.25, 0.3) is 0 Å². The Kier molecular flexibility index (Phi) is 5.39. The number of nitrogens with zero attached hydrogens (tertiary/aromatic N) is 3. The molecule has 0 radical (unpaired) electrons. The Labute approximate surface area is 150 Å². The van der Waals surface area contributed by atoms with Crippen molar-refractivity contribution < 1.29 is 18.0 Å². The molecular weight excluding hydrogens is 342 g/mol. The lowest BCUT2D eigenvalue weighted by molar-refractivity contribution is -0.143. The summed E-state index contributed by atoms with van der Waals surface area (Å²) >= 11 is 0. The molecule has 0 spiro atoms. The molecule has 142 valence electrons. The van der Waals surface area contributed by atoms with E-state index >= 15 is 0 Å². The molecule has 0 unspecified atom stereocenters. The van der Waals surface area contributed by atoms with Gasteiger partial charge in [-0.25, -0.2) is 8.42 Å². The fraction of sp³-hybridized carbons (Fsp3) is 0.882. The smallest absolute Gasteiger partial charge is 0.236 e. The lowest BCUT2D eigenvalue weighted by atomic mass is 9.87. The number of carbonyl (C=O) groups excluding carboxylic acids is 2. The van der Waals surface area contributed by atoms with E-state index in [2.05, 4.69) is 0 Å². The Morgan fingerprint density at radius 3 is 2.28 bits per heavy atom. The summed E-state index contributed by atoms with van der Waals surface area (Å²) in [6.45, 7) is 1.30. The van der Waals surface area contributed by atoms with Crippen molar-refractivity contribution in [3.05, 3.63) is 0 Å². The van der Waals surface area contributed by atoms with E-state index in [0.717, 1.165) is 25.7 Å². The molecule has 7 nitrogen and oxygen atoms in total. The van der Waals surface area contributed by atoms with E-state index in [1.54, 1.807) is 14.1 Å². The first-order chi connectivity index (χ1) is 11.8. The highest BCUT2D eigenvalue weighted by Gasteiger charge is 2.49. The van der Waals surface area contributed by atoms with Crippen molar-refractivity contribution >= 4 is 21.7 Å². The fourth-order valence-electron chi connectivity index (χ4n) is 4.39. The second-order valence-corrected chi connectivity index (χ2v) is 9.99. The molecule has 2 aliphatic heterocycles. The number of likely N-dealkylation sites (N-methyl/N-ethyl adjacent to an activating group) is 1. The number of hydrogen-bond donors (Lipinski definition) is 0. The summed E-state index contributed by atoms with van der Waals surface area (Å²) in [4.78, 5) is 30.4. The number of carbonyl (C=O) groups is 2. The van der Waals surface area contributed by atoms with Crippen LogP contribution in [0.15, 0.2) is 0 Å². The number of fused-ring (bicyclic) bond motifs is 1. The van der Waals surface area contributed by atoms with Crippen LogP contribution in [0.25, 0.3) is 0 Å². The van der Waals surface area contributed by atoms with Crippen LogP contribution in [0.5, 0.6) is 0 Å². The second-order valence-electron chi connectivity index (χ2n) is 7.84. The monoisotopic (exact) mass is 371 g/mol. The van der Waals surface area contributed by atoms with Crippen LogP contribution in [0.4, 0.5) is 0 Å². The van der Waals surface area contributed by atoms with Crippen LogP contribution in [0, 0.1) is 5.92 Å². The van der Waals surface area contributed by atoms with Crippen molar-refractivity contribution in [2.75, 3.05) is 45.2 Å². The SMILES string of the molecule is CN(C)C(=O)CN1CCN(C(=O)C2CCCCC2)[C@@H]2CS(=O)(=O)C[C@@H]21. The number of hydrogen-bond acceptors (Lipinski definition) is 5. The number of rotatable bonds is 3. The van der Waals surface area contributed by atoms with E-state index in [9.17, 15) is 18.0 Å². The molecule has 2 atom stereocenters. The third-order valence-electron chi connectivity index (χ3n) is 5.87. The zero-order valence-electron chi connectivity index (χ0n) is 15.2. The molecule has 0 aromatic heterocycles. The van der Waals surface area contributed by atoms with Gasteiger partial charge in [0, 0.05) is 39.1 Å². The number of piperazine rings is 1. The van der Waals surface area contributed by atoms with Gasteiger partial charge in [-0.1, -0.05) is 19.3 Å². The van der Waals surface area contributed by atoms with Crippen molar-refractivity contribution in [2.24, 2.45) is 5.92 Å². The van der Waals surface area contributed by atoms with E-state index in [1.807, 2.05) is 9.80 Å². The Hall–Kier alpha value is -1.15. The Morgan fingerprint density at radius 1 is 1.00 bits per heavy atom. The molecule has 2 saturated heterocycles. The minimum absolute atomic E-state index is 0.0305. The Bertz CT molecular complexity index is 628. The highest BCUT2D eigenvalue weighted by atomic mass is 32.2. The molecule has 8 heteroatoms. The summed E-state index contributed by atoms with van der Waals surface area (Å²) in [6.07, 6.45) is 5.19.